The van der Waals surface area contributed by atoms with Gasteiger partial charge in [0, 0.05) is 35.9 Å². The molecule has 2 aromatic carbocycles. The quantitative estimate of drug-likeness (QED) is 0.400. The third kappa shape index (κ3) is 4.80. The van der Waals surface area contributed by atoms with Crippen molar-refractivity contribution in [2.45, 2.75) is 0 Å². The molecule has 5 rings (SSSR count). The smallest absolute Gasteiger partial charge is 0.247 e. The molecule has 0 atom stereocenters. The Balaban J connectivity index is 1.54. The number of carbonyl (C=O) groups excluding carboxylic acids is 1. The Morgan fingerprint density at radius 1 is 1.09 bits per heavy atom. The van der Waals surface area contributed by atoms with Crippen molar-refractivity contribution in [2.75, 3.05) is 41.8 Å². The molecule has 2 N–H and O–H groups in total. The maximum Gasteiger partial charge on any atom is 0.247 e. The highest BCUT2D eigenvalue weighted by Crippen LogP contribution is 2.35. The summed E-state index contributed by atoms with van der Waals surface area (Å²) in [6, 6.07) is 13.8. The Kier molecular flexibility index (Phi) is 6.32. The van der Waals surface area contributed by atoms with Crippen LogP contribution in [-0.4, -0.2) is 47.2 Å². The van der Waals surface area contributed by atoms with Gasteiger partial charge in [-0.05, 0) is 42.5 Å². The van der Waals surface area contributed by atoms with Crippen LogP contribution in [0.5, 0.6) is 0 Å². The number of pyridine rings is 1. The molecule has 4 aromatic rings. The third-order valence-electron chi connectivity index (χ3n) is 5.72. The van der Waals surface area contributed by atoms with Crippen molar-refractivity contribution in [3.63, 3.8) is 0 Å². The zero-order chi connectivity index (χ0) is 24.2. The van der Waals surface area contributed by atoms with Crippen LogP contribution >= 0.6 is 0 Å². The molecule has 1 aliphatic heterocycles. The summed E-state index contributed by atoms with van der Waals surface area (Å²) in [7, 11) is 0. The molecule has 2 aromatic heterocycles. The summed E-state index contributed by atoms with van der Waals surface area (Å²) in [5.41, 5.74) is 3.79. The number of aromatic nitrogens is 3. The average molecular weight is 471 g/mol. The molecule has 0 spiro atoms. The number of benzene rings is 2. The summed E-state index contributed by atoms with van der Waals surface area (Å²) in [5.74, 6) is -0.111. The van der Waals surface area contributed by atoms with Gasteiger partial charge in [0.2, 0.25) is 5.91 Å². The molecule has 0 bridgehead atoms. The van der Waals surface area contributed by atoms with Crippen molar-refractivity contribution >= 4 is 39.7 Å². The first kappa shape index (κ1) is 22.4. The van der Waals surface area contributed by atoms with Gasteiger partial charge < -0.3 is 20.3 Å². The first-order valence-electron chi connectivity index (χ1n) is 11.2. The Labute approximate surface area is 201 Å². The minimum atomic E-state index is -0.345. The minimum absolute atomic E-state index is 0.311. The number of nitrogens with zero attached hydrogens (tertiary/aromatic N) is 4. The van der Waals surface area contributed by atoms with Gasteiger partial charge in [0.1, 0.15) is 18.0 Å². The molecule has 3 heterocycles. The maximum atomic E-state index is 14.3. The Morgan fingerprint density at radius 2 is 1.91 bits per heavy atom. The van der Waals surface area contributed by atoms with Crippen LogP contribution in [0, 0.1) is 5.82 Å². The second kappa shape index (κ2) is 9.86. The third-order valence-corrected chi connectivity index (χ3v) is 5.72. The van der Waals surface area contributed by atoms with E-state index in [2.05, 4.69) is 37.1 Å². The summed E-state index contributed by atoms with van der Waals surface area (Å²) in [6.07, 6.45) is 4.32. The van der Waals surface area contributed by atoms with Gasteiger partial charge in [-0.3, -0.25) is 9.78 Å². The molecule has 35 heavy (non-hydrogen) atoms. The average Bonchev–Trinajstić information content (AvgIpc) is 2.89. The highest BCUT2D eigenvalue weighted by atomic mass is 19.1. The first-order chi connectivity index (χ1) is 17.1. The summed E-state index contributed by atoms with van der Waals surface area (Å²) >= 11 is 0. The zero-order valence-electron chi connectivity index (χ0n) is 18.9. The van der Waals surface area contributed by atoms with E-state index >= 15 is 0 Å². The van der Waals surface area contributed by atoms with E-state index in [1.165, 1.54) is 18.5 Å². The lowest BCUT2D eigenvalue weighted by Crippen LogP contribution is -2.36. The molecule has 8 nitrogen and oxygen atoms in total. The standard InChI is InChI=1S/C26H23FN6O2/c1-2-25(34)32-23-14-19-22(15-24(23)33-9-11-35-12-10-33)29-16-30-26(19)31-17-7-8-28-21(13-17)18-5-3-4-6-20(18)27/h2-8,13-16H,1,9-12H2,(H,32,34)(H,28,29,30,31). The lowest BCUT2D eigenvalue weighted by atomic mass is 10.1. The lowest BCUT2D eigenvalue weighted by Gasteiger charge is -2.30. The SMILES string of the molecule is C=CC(=O)Nc1cc2c(Nc3ccnc(-c4ccccc4F)c3)ncnc2cc1N1CCOCC1. The number of fused-ring (bicyclic) bond motifs is 1. The number of ether oxygens (including phenoxy) is 1. The van der Waals surface area contributed by atoms with Gasteiger partial charge in [-0.15, -0.1) is 0 Å². The molecule has 1 amide bonds. The summed E-state index contributed by atoms with van der Waals surface area (Å²) in [4.78, 5) is 27.5. The van der Waals surface area contributed by atoms with Crippen LogP contribution in [0.25, 0.3) is 22.2 Å². The number of carbonyl (C=O) groups is 1. The van der Waals surface area contributed by atoms with E-state index in [1.54, 1.807) is 36.5 Å². The van der Waals surface area contributed by atoms with Crippen molar-refractivity contribution < 1.29 is 13.9 Å². The van der Waals surface area contributed by atoms with Gasteiger partial charge in [0.25, 0.3) is 0 Å². The molecule has 1 saturated heterocycles. The molecule has 176 valence electrons. The van der Waals surface area contributed by atoms with E-state index in [0.29, 0.717) is 65.7 Å². The number of rotatable bonds is 6. The van der Waals surface area contributed by atoms with Crippen LogP contribution in [0.4, 0.5) is 27.3 Å². The predicted molar refractivity (Wildman–Crippen MR) is 134 cm³/mol. The number of morpholine rings is 1. The molecular formula is C26H23FN6O2. The monoisotopic (exact) mass is 470 g/mol. The second-order valence-corrected chi connectivity index (χ2v) is 7.94. The number of hydrogen-bond acceptors (Lipinski definition) is 7. The predicted octanol–water partition coefficient (Wildman–Crippen LogP) is 4.54. The van der Waals surface area contributed by atoms with Crippen LogP contribution in [0.1, 0.15) is 0 Å². The van der Waals surface area contributed by atoms with E-state index in [0.717, 1.165) is 5.69 Å². The summed E-state index contributed by atoms with van der Waals surface area (Å²) in [5, 5.41) is 6.91. The fourth-order valence-corrected chi connectivity index (χ4v) is 4.00. The van der Waals surface area contributed by atoms with Crippen molar-refractivity contribution in [1.82, 2.24) is 15.0 Å². The number of halogens is 1. The van der Waals surface area contributed by atoms with Gasteiger partial charge in [0.15, 0.2) is 0 Å². The van der Waals surface area contributed by atoms with Crippen LogP contribution in [0.15, 0.2) is 73.7 Å². The van der Waals surface area contributed by atoms with E-state index in [1.807, 2.05) is 12.1 Å². The maximum absolute atomic E-state index is 14.3. The van der Waals surface area contributed by atoms with E-state index < -0.39 is 0 Å². The van der Waals surface area contributed by atoms with E-state index in [-0.39, 0.29) is 11.7 Å². The highest BCUT2D eigenvalue weighted by Gasteiger charge is 2.19. The van der Waals surface area contributed by atoms with Crippen LogP contribution in [-0.2, 0) is 9.53 Å². The molecular weight excluding hydrogens is 447 g/mol. The normalized spacial score (nSPS) is 13.5. The summed E-state index contributed by atoms with van der Waals surface area (Å²) < 4.78 is 19.8. The lowest BCUT2D eigenvalue weighted by molar-refractivity contribution is -0.111. The van der Waals surface area contributed by atoms with Gasteiger partial charge in [-0.2, -0.15) is 0 Å². The second-order valence-electron chi connectivity index (χ2n) is 7.94. The van der Waals surface area contributed by atoms with E-state index in [4.69, 9.17) is 4.74 Å². The fourth-order valence-electron chi connectivity index (χ4n) is 4.00. The van der Waals surface area contributed by atoms with Crippen LogP contribution in [0.2, 0.25) is 0 Å². The topological polar surface area (TPSA) is 92.3 Å². The van der Waals surface area contributed by atoms with Gasteiger partial charge >= 0.3 is 0 Å². The highest BCUT2D eigenvalue weighted by molar-refractivity contribution is 6.05. The molecule has 0 aliphatic carbocycles. The Morgan fingerprint density at radius 3 is 2.71 bits per heavy atom. The number of hydrogen-bond donors (Lipinski definition) is 2. The Hall–Kier alpha value is -4.37. The van der Waals surface area contributed by atoms with Crippen molar-refractivity contribution in [3.8, 4) is 11.3 Å². The largest absolute Gasteiger partial charge is 0.378 e. The molecule has 0 radical (unpaired) electrons. The fraction of sp³-hybridized carbons (Fsp3) is 0.154. The van der Waals surface area contributed by atoms with E-state index in [9.17, 15) is 9.18 Å². The van der Waals surface area contributed by atoms with Crippen molar-refractivity contribution in [3.05, 3.63) is 79.5 Å². The molecule has 1 fully saturated rings. The van der Waals surface area contributed by atoms with Crippen LogP contribution < -0.4 is 15.5 Å². The van der Waals surface area contributed by atoms with Crippen molar-refractivity contribution in [2.24, 2.45) is 0 Å². The van der Waals surface area contributed by atoms with Crippen molar-refractivity contribution in [1.29, 1.82) is 0 Å². The molecule has 0 unspecified atom stereocenters. The van der Waals surface area contributed by atoms with Gasteiger partial charge in [-0.25, -0.2) is 14.4 Å². The number of amides is 1. The zero-order valence-corrected chi connectivity index (χ0v) is 18.9. The van der Waals surface area contributed by atoms with Crippen LogP contribution in [0.3, 0.4) is 0 Å². The van der Waals surface area contributed by atoms with Gasteiger partial charge in [0.05, 0.1) is 35.8 Å². The minimum Gasteiger partial charge on any atom is -0.378 e. The van der Waals surface area contributed by atoms with Gasteiger partial charge in [-0.1, -0.05) is 18.7 Å². The molecule has 9 heteroatoms. The first-order valence-corrected chi connectivity index (χ1v) is 11.2. The molecule has 1 aliphatic rings. The Bertz CT molecular complexity index is 1400. The summed E-state index contributed by atoms with van der Waals surface area (Å²) in [6.45, 7) is 6.18. The molecule has 0 saturated carbocycles. The number of anilines is 4. The number of nitrogens with one attached hydrogen (secondary N) is 2.